The molecule has 1 aliphatic heterocycles. The third kappa shape index (κ3) is 2.53. The van der Waals surface area contributed by atoms with Crippen molar-refractivity contribution in [2.45, 2.75) is 26.3 Å². The van der Waals surface area contributed by atoms with Gasteiger partial charge in [-0.1, -0.05) is 26.0 Å². The van der Waals surface area contributed by atoms with E-state index >= 15 is 0 Å². The van der Waals surface area contributed by atoms with Crippen molar-refractivity contribution >= 4 is 5.96 Å². The van der Waals surface area contributed by atoms with Crippen LogP contribution in [0, 0.1) is 5.92 Å². The molecule has 0 saturated carbocycles. The standard InChI is InChI=1S/C15H23N3O/c1-11(2)9-18-14(16)17-10-15(18,3)12-5-7-13(19-4)8-6-12/h5-8,11H,9-10H2,1-4H3,(H2,16,17). The van der Waals surface area contributed by atoms with Crippen molar-refractivity contribution < 1.29 is 4.74 Å². The van der Waals surface area contributed by atoms with Crippen molar-refractivity contribution in [2.75, 3.05) is 20.2 Å². The van der Waals surface area contributed by atoms with Crippen LogP contribution in [-0.2, 0) is 5.54 Å². The lowest BCUT2D eigenvalue weighted by Crippen LogP contribution is -2.48. The van der Waals surface area contributed by atoms with Crippen LogP contribution in [0.5, 0.6) is 5.75 Å². The van der Waals surface area contributed by atoms with Crippen LogP contribution in [0.4, 0.5) is 0 Å². The molecule has 0 aromatic heterocycles. The number of benzene rings is 1. The summed E-state index contributed by atoms with van der Waals surface area (Å²) < 4.78 is 5.21. The van der Waals surface area contributed by atoms with Crippen molar-refractivity contribution in [1.82, 2.24) is 4.90 Å². The van der Waals surface area contributed by atoms with Crippen LogP contribution >= 0.6 is 0 Å². The van der Waals surface area contributed by atoms with Crippen LogP contribution < -0.4 is 10.5 Å². The first-order valence-electron chi connectivity index (χ1n) is 6.69. The van der Waals surface area contributed by atoms with E-state index in [9.17, 15) is 0 Å². The van der Waals surface area contributed by atoms with E-state index in [1.807, 2.05) is 12.1 Å². The van der Waals surface area contributed by atoms with Gasteiger partial charge in [-0.3, -0.25) is 4.99 Å². The van der Waals surface area contributed by atoms with Crippen LogP contribution in [0.3, 0.4) is 0 Å². The maximum Gasteiger partial charge on any atom is 0.192 e. The topological polar surface area (TPSA) is 50.9 Å². The molecule has 1 atom stereocenters. The average Bonchev–Trinajstić information content (AvgIpc) is 2.68. The van der Waals surface area contributed by atoms with Gasteiger partial charge >= 0.3 is 0 Å². The second-order valence-electron chi connectivity index (χ2n) is 5.68. The van der Waals surface area contributed by atoms with E-state index in [1.165, 1.54) is 5.56 Å². The Morgan fingerprint density at radius 2 is 2.00 bits per heavy atom. The normalized spacial score (nSPS) is 22.8. The van der Waals surface area contributed by atoms with Gasteiger partial charge in [-0.05, 0) is 30.5 Å². The molecule has 4 heteroatoms. The van der Waals surface area contributed by atoms with E-state index in [4.69, 9.17) is 10.5 Å². The summed E-state index contributed by atoms with van der Waals surface area (Å²) in [7, 11) is 1.68. The van der Waals surface area contributed by atoms with E-state index in [1.54, 1.807) is 7.11 Å². The minimum absolute atomic E-state index is 0.152. The summed E-state index contributed by atoms with van der Waals surface area (Å²) in [6, 6.07) is 8.17. The molecule has 0 aliphatic carbocycles. The Morgan fingerprint density at radius 3 is 2.53 bits per heavy atom. The third-order valence-electron chi connectivity index (χ3n) is 3.68. The van der Waals surface area contributed by atoms with Gasteiger partial charge in [0, 0.05) is 6.54 Å². The van der Waals surface area contributed by atoms with Gasteiger partial charge in [-0.15, -0.1) is 0 Å². The highest BCUT2D eigenvalue weighted by Gasteiger charge is 2.39. The summed E-state index contributed by atoms with van der Waals surface area (Å²) in [5.74, 6) is 2.06. The number of rotatable bonds is 4. The quantitative estimate of drug-likeness (QED) is 0.904. The second-order valence-corrected chi connectivity index (χ2v) is 5.68. The van der Waals surface area contributed by atoms with E-state index in [0.717, 1.165) is 12.3 Å². The van der Waals surface area contributed by atoms with Crippen LogP contribution in [0.25, 0.3) is 0 Å². The van der Waals surface area contributed by atoms with Gasteiger partial charge in [0.25, 0.3) is 0 Å². The molecule has 0 radical (unpaired) electrons. The molecule has 0 saturated heterocycles. The summed E-state index contributed by atoms with van der Waals surface area (Å²) in [5, 5.41) is 0. The number of guanidine groups is 1. The molecule has 4 nitrogen and oxygen atoms in total. The Bertz CT molecular complexity index is 467. The predicted octanol–water partition coefficient (Wildman–Crippen LogP) is 2.20. The lowest BCUT2D eigenvalue weighted by Gasteiger charge is -2.37. The van der Waals surface area contributed by atoms with Gasteiger partial charge < -0.3 is 15.4 Å². The van der Waals surface area contributed by atoms with Crippen molar-refractivity contribution in [3.8, 4) is 5.75 Å². The van der Waals surface area contributed by atoms with Gasteiger partial charge in [-0.25, -0.2) is 0 Å². The molecule has 2 rings (SSSR count). The number of hydrogen-bond acceptors (Lipinski definition) is 4. The molecule has 0 bridgehead atoms. The van der Waals surface area contributed by atoms with Crippen molar-refractivity contribution in [3.05, 3.63) is 29.8 Å². The van der Waals surface area contributed by atoms with Gasteiger partial charge in [0.05, 0.1) is 19.2 Å². The summed E-state index contributed by atoms with van der Waals surface area (Å²) in [6.45, 7) is 8.20. The van der Waals surface area contributed by atoms with Gasteiger partial charge in [0.2, 0.25) is 0 Å². The monoisotopic (exact) mass is 261 g/mol. The molecule has 1 aliphatic rings. The number of nitrogens with two attached hydrogens (primary N) is 1. The van der Waals surface area contributed by atoms with Crippen molar-refractivity contribution in [2.24, 2.45) is 16.6 Å². The maximum absolute atomic E-state index is 6.05. The lowest BCUT2D eigenvalue weighted by molar-refractivity contribution is 0.204. The first-order valence-corrected chi connectivity index (χ1v) is 6.69. The Labute approximate surface area is 115 Å². The minimum Gasteiger partial charge on any atom is -0.497 e. The largest absolute Gasteiger partial charge is 0.497 e. The highest BCUT2D eigenvalue weighted by molar-refractivity contribution is 5.81. The number of ether oxygens (including phenoxy) is 1. The molecule has 1 heterocycles. The Kier molecular flexibility index (Phi) is 3.69. The zero-order valence-electron chi connectivity index (χ0n) is 12.2. The molecule has 0 amide bonds. The second kappa shape index (κ2) is 5.11. The molecule has 0 fully saturated rings. The minimum atomic E-state index is -0.152. The summed E-state index contributed by atoms with van der Waals surface area (Å²) in [5.41, 5.74) is 7.12. The Morgan fingerprint density at radius 1 is 1.37 bits per heavy atom. The SMILES string of the molecule is COc1ccc(C2(C)CN=C(N)N2CC(C)C)cc1. The molecule has 19 heavy (non-hydrogen) atoms. The zero-order valence-corrected chi connectivity index (χ0v) is 12.2. The first-order chi connectivity index (χ1) is 8.97. The average molecular weight is 261 g/mol. The van der Waals surface area contributed by atoms with Gasteiger partial charge in [-0.2, -0.15) is 0 Å². The van der Waals surface area contributed by atoms with E-state index < -0.39 is 0 Å². The summed E-state index contributed by atoms with van der Waals surface area (Å²) in [6.07, 6.45) is 0. The highest BCUT2D eigenvalue weighted by atomic mass is 16.5. The fourth-order valence-electron chi connectivity index (χ4n) is 2.52. The fraction of sp³-hybridized carbons (Fsp3) is 0.533. The molecule has 2 N–H and O–H groups in total. The van der Waals surface area contributed by atoms with Crippen LogP contribution in [0.2, 0.25) is 0 Å². The molecule has 1 aromatic rings. The smallest absolute Gasteiger partial charge is 0.192 e. The summed E-state index contributed by atoms with van der Waals surface area (Å²) >= 11 is 0. The molecular weight excluding hydrogens is 238 g/mol. The number of nitrogens with zero attached hydrogens (tertiary/aromatic N) is 2. The van der Waals surface area contributed by atoms with E-state index in [2.05, 4.69) is 42.8 Å². The highest BCUT2D eigenvalue weighted by Crippen LogP contribution is 2.34. The van der Waals surface area contributed by atoms with Crippen molar-refractivity contribution in [3.63, 3.8) is 0 Å². The molecular formula is C15H23N3O. The van der Waals surface area contributed by atoms with Crippen LogP contribution in [0.1, 0.15) is 26.3 Å². The molecule has 1 aromatic carbocycles. The molecule has 104 valence electrons. The van der Waals surface area contributed by atoms with E-state index in [0.29, 0.717) is 18.4 Å². The number of hydrogen-bond donors (Lipinski definition) is 1. The zero-order chi connectivity index (χ0) is 14.0. The molecule has 1 unspecified atom stereocenters. The Balaban J connectivity index is 2.29. The van der Waals surface area contributed by atoms with Crippen LogP contribution in [-0.4, -0.2) is 31.1 Å². The number of methoxy groups -OCH3 is 1. The van der Waals surface area contributed by atoms with Gasteiger partial charge in [0.1, 0.15) is 5.75 Å². The number of aliphatic imine (C=N–C) groups is 1. The van der Waals surface area contributed by atoms with E-state index in [-0.39, 0.29) is 5.54 Å². The van der Waals surface area contributed by atoms with Gasteiger partial charge in [0.15, 0.2) is 5.96 Å². The third-order valence-corrected chi connectivity index (χ3v) is 3.68. The lowest BCUT2D eigenvalue weighted by atomic mass is 9.90. The Hall–Kier alpha value is -1.71. The van der Waals surface area contributed by atoms with Crippen molar-refractivity contribution in [1.29, 1.82) is 0 Å². The first kappa shape index (κ1) is 13.7. The molecule has 0 spiro atoms. The predicted molar refractivity (Wildman–Crippen MR) is 78.4 cm³/mol. The summed E-state index contributed by atoms with van der Waals surface area (Å²) in [4.78, 5) is 6.64. The maximum atomic E-state index is 6.05. The van der Waals surface area contributed by atoms with Crippen LogP contribution in [0.15, 0.2) is 29.3 Å². The fourth-order valence-corrected chi connectivity index (χ4v) is 2.52.